The molecule has 3 heteroatoms. The summed E-state index contributed by atoms with van der Waals surface area (Å²) < 4.78 is 0. The lowest BCUT2D eigenvalue weighted by Gasteiger charge is -2.34. The van der Waals surface area contributed by atoms with Crippen LogP contribution in [-0.2, 0) is 4.79 Å². The zero-order chi connectivity index (χ0) is 15.3. The lowest BCUT2D eigenvalue weighted by Crippen LogP contribution is -2.41. The van der Waals surface area contributed by atoms with Gasteiger partial charge in [0.05, 0.1) is 6.04 Å². The Balaban J connectivity index is 1.55. The summed E-state index contributed by atoms with van der Waals surface area (Å²) in [7, 11) is 0. The van der Waals surface area contributed by atoms with Crippen LogP contribution in [-0.4, -0.2) is 16.8 Å². The van der Waals surface area contributed by atoms with Crippen LogP contribution in [0.15, 0.2) is 24.3 Å². The molecule has 0 spiro atoms. The number of carbonyl (C=O) groups excluding carboxylic acids is 1. The molecule has 3 fully saturated rings. The van der Waals surface area contributed by atoms with Crippen molar-refractivity contribution in [2.75, 3.05) is 0 Å². The minimum absolute atomic E-state index is 0.163. The van der Waals surface area contributed by atoms with Crippen LogP contribution >= 0.6 is 11.6 Å². The van der Waals surface area contributed by atoms with E-state index in [2.05, 4.69) is 24.0 Å². The van der Waals surface area contributed by atoms with E-state index in [0.29, 0.717) is 23.8 Å². The number of hydrogen-bond donors (Lipinski definition) is 0. The lowest BCUT2D eigenvalue weighted by molar-refractivity contribution is -0.140. The Morgan fingerprint density at radius 2 is 1.86 bits per heavy atom. The Kier molecular flexibility index (Phi) is 3.68. The van der Waals surface area contributed by atoms with Crippen molar-refractivity contribution in [2.24, 2.45) is 17.8 Å². The maximum absolute atomic E-state index is 13.2. The molecule has 0 N–H and O–H groups in total. The fraction of sp³-hybridized carbons (Fsp3) is 0.632. The zero-order valence-corrected chi connectivity index (χ0v) is 13.9. The van der Waals surface area contributed by atoms with Gasteiger partial charge in [-0.3, -0.25) is 4.79 Å². The van der Waals surface area contributed by atoms with E-state index in [1.54, 1.807) is 0 Å². The Hall–Kier alpha value is -1.02. The molecular formula is C19H24ClNO. The predicted molar refractivity (Wildman–Crippen MR) is 88.7 cm³/mol. The summed E-state index contributed by atoms with van der Waals surface area (Å²) in [6.07, 6.45) is 7.40. The van der Waals surface area contributed by atoms with Gasteiger partial charge in [-0.2, -0.15) is 0 Å². The van der Waals surface area contributed by atoms with Crippen molar-refractivity contribution in [2.45, 2.75) is 57.5 Å². The van der Waals surface area contributed by atoms with E-state index in [4.69, 9.17) is 11.6 Å². The molecule has 0 heterocycles. The van der Waals surface area contributed by atoms with Gasteiger partial charge in [-0.15, -0.1) is 0 Å². The maximum atomic E-state index is 13.2. The van der Waals surface area contributed by atoms with E-state index in [1.165, 1.54) is 37.7 Å². The molecule has 4 atom stereocenters. The number of nitrogens with zero attached hydrogens (tertiary/aromatic N) is 1. The summed E-state index contributed by atoms with van der Waals surface area (Å²) in [4.78, 5) is 15.4. The molecule has 0 saturated heterocycles. The molecule has 3 aliphatic carbocycles. The van der Waals surface area contributed by atoms with Crippen LogP contribution in [0.3, 0.4) is 0 Å². The minimum Gasteiger partial charge on any atom is -0.333 e. The highest BCUT2D eigenvalue weighted by atomic mass is 35.5. The quantitative estimate of drug-likeness (QED) is 0.779. The van der Waals surface area contributed by atoms with Gasteiger partial charge in [0.2, 0.25) is 5.91 Å². The number of benzene rings is 1. The summed E-state index contributed by atoms with van der Waals surface area (Å²) in [5.41, 5.74) is 1.20. The number of carbonyl (C=O) groups is 1. The molecule has 1 aromatic carbocycles. The van der Waals surface area contributed by atoms with E-state index < -0.39 is 0 Å². The topological polar surface area (TPSA) is 20.3 Å². The van der Waals surface area contributed by atoms with Crippen LogP contribution in [0.5, 0.6) is 0 Å². The third-order valence-electron chi connectivity index (χ3n) is 6.02. The Labute approximate surface area is 137 Å². The normalized spacial score (nSPS) is 31.3. The average Bonchev–Trinajstić information content (AvgIpc) is 3.11. The predicted octanol–water partition coefficient (Wildman–Crippen LogP) is 4.83. The second kappa shape index (κ2) is 5.56. The third kappa shape index (κ3) is 2.56. The number of fused-ring (bicyclic) bond motifs is 2. The van der Waals surface area contributed by atoms with Gasteiger partial charge >= 0.3 is 0 Å². The molecular weight excluding hydrogens is 294 g/mol. The van der Waals surface area contributed by atoms with Crippen molar-refractivity contribution in [3.8, 4) is 0 Å². The SMILES string of the molecule is C[C@H](c1ccc(Cl)cc1)N(C(=O)[C@H]1C[C@H]2CC[C@H]1C2)C1CC1. The second-order valence-electron chi connectivity index (χ2n) is 7.49. The molecule has 22 heavy (non-hydrogen) atoms. The Morgan fingerprint density at radius 1 is 1.14 bits per heavy atom. The molecule has 1 amide bonds. The molecule has 4 rings (SSSR count). The number of hydrogen-bond acceptors (Lipinski definition) is 1. The Bertz CT molecular complexity index is 565. The first-order valence-electron chi connectivity index (χ1n) is 8.71. The van der Waals surface area contributed by atoms with E-state index in [1.807, 2.05) is 12.1 Å². The van der Waals surface area contributed by atoms with Crippen molar-refractivity contribution < 1.29 is 4.79 Å². The van der Waals surface area contributed by atoms with Gasteiger partial charge in [0.25, 0.3) is 0 Å². The van der Waals surface area contributed by atoms with Gasteiger partial charge in [-0.25, -0.2) is 0 Å². The van der Waals surface area contributed by atoms with Crippen molar-refractivity contribution in [3.63, 3.8) is 0 Å². The first-order valence-corrected chi connectivity index (χ1v) is 9.09. The molecule has 3 aliphatic rings. The first kappa shape index (κ1) is 14.6. The van der Waals surface area contributed by atoms with Gasteiger partial charge in [0, 0.05) is 17.0 Å². The summed E-state index contributed by atoms with van der Waals surface area (Å²) >= 11 is 6.00. The second-order valence-corrected chi connectivity index (χ2v) is 7.92. The number of rotatable bonds is 4. The average molecular weight is 318 g/mol. The molecule has 0 radical (unpaired) electrons. The van der Waals surface area contributed by atoms with Crippen LogP contribution in [0, 0.1) is 17.8 Å². The van der Waals surface area contributed by atoms with E-state index in [-0.39, 0.29) is 6.04 Å². The minimum atomic E-state index is 0.163. The molecule has 0 aliphatic heterocycles. The Morgan fingerprint density at radius 3 is 2.41 bits per heavy atom. The smallest absolute Gasteiger partial charge is 0.226 e. The number of halogens is 1. The van der Waals surface area contributed by atoms with Crippen molar-refractivity contribution >= 4 is 17.5 Å². The highest BCUT2D eigenvalue weighted by Crippen LogP contribution is 2.50. The van der Waals surface area contributed by atoms with Crippen LogP contribution in [0.25, 0.3) is 0 Å². The van der Waals surface area contributed by atoms with E-state index in [0.717, 1.165) is 17.4 Å². The highest BCUT2D eigenvalue weighted by Gasteiger charge is 2.47. The van der Waals surface area contributed by atoms with Crippen molar-refractivity contribution in [1.82, 2.24) is 4.90 Å². The zero-order valence-electron chi connectivity index (χ0n) is 13.2. The summed E-state index contributed by atoms with van der Waals surface area (Å²) in [5.74, 6) is 2.22. The fourth-order valence-corrected chi connectivity index (χ4v) is 4.81. The van der Waals surface area contributed by atoms with Crippen LogP contribution in [0.4, 0.5) is 0 Å². The first-order chi connectivity index (χ1) is 10.6. The molecule has 1 aromatic rings. The molecule has 3 saturated carbocycles. The van der Waals surface area contributed by atoms with Gasteiger partial charge < -0.3 is 4.90 Å². The van der Waals surface area contributed by atoms with Crippen molar-refractivity contribution in [3.05, 3.63) is 34.9 Å². The molecule has 2 bridgehead atoms. The molecule has 0 unspecified atom stereocenters. The van der Waals surface area contributed by atoms with Gasteiger partial charge in [-0.1, -0.05) is 30.2 Å². The largest absolute Gasteiger partial charge is 0.333 e. The molecule has 2 nitrogen and oxygen atoms in total. The summed E-state index contributed by atoms with van der Waals surface area (Å²) in [5, 5.41) is 0.758. The van der Waals surface area contributed by atoms with Crippen LogP contribution < -0.4 is 0 Å². The molecule has 0 aromatic heterocycles. The number of amides is 1. The van der Waals surface area contributed by atoms with Gasteiger partial charge in [0.1, 0.15) is 0 Å². The highest BCUT2D eigenvalue weighted by molar-refractivity contribution is 6.30. The summed E-state index contributed by atoms with van der Waals surface area (Å²) in [6, 6.07) is 8.63. The standard InChI is InChI=1S/C19H24ClNO/c1-12(14-4-6-16(20)7-5-14)21(17-8-9-17)19(22)18-11-13-2-3-15(18)10-13/h4-7,12-13,15,17-18H,2-3,8-11H2,1H3/t12-,13+,15+,18+/m1/s1. The third-order valence-corrected chi connectivity index (χ3v) is 6.27. The summed E-state index contributed by atoms with van der Waals surface area (Å²) in [6.45, 7) is 2.17. The lowest BCUT2D eigenvalue weighted by atomic mass is 9.87. The fourth-order valence-electron chi connectivity index (χ4n) is 4.68. The maximum Gasteiger partial charge on any atom is 0.226 e. The monoisotopic (exact) mass is 317 g/mol. The molecule has 118 valence electrons. The van der Waals surface area contributed by atoms with Gasteiger partial charge in [0.15, 0.2) is 0 Å². The van der Waals surface area contributed by atoms with Crippen LogP contribution in [0.1, 0.15) is 57.1 Å². The van der Waals surface area contributed by atoms with Gasteiger partial charge in [-0.05, 0) is 68.6 Å². The van der Waals surface area contributed by atoms with Crippen molar-refractivity contribution in [1.29, 1.82) is 0 Å². The van der Waals surface area contributed by atoms with E-state index in [9.17, 15) is 4.79 Å². The van der Waals surface area contributed by atoms with Crippen LogP contribution in [0.2, 0.25) is 5.02 Å². The van der Waals surface area contributed by atoms with E-state index >= 15 is 0 Å².